The molecule has 4 nitrogen and oxygen atoms in total. The molecule has 0 atom stereocenters. The van der Waals surface area contributed by atoms with Crippen molar-refractivity contribution in [2.24, 2.45) is 11.8 Å². The Bertz CT molecular complexity index is 380. The minimum absolute atomic E-state index is 0.449. The lowest BCUT2D eigenvalue weighted by molar-refractivity contribution is 0.0721. The summed E-state index contributed by atoms with van der Waals surface area (Å²) in [5.74, 6) is 6.63. The monoisotopic (exact) mass is 269 g/mol. The summed E-state index contributed by atoms with van der Waals surface area (Å²) in [7, 11) is 0. The van der Waals surface area contributed by atoms with Gasteiger partial charge < -0.3 is 10.2 Å². The van der Waals surface area contributed by atoms with Crippen molar-refractivity contribution >= 4 is 17.4 Å². The first-order valence-corrected chi connectivity index (χ1v) is 6.87. The number of nitrogens with zero attached hydrogens (tertiary/aromatic N) is 1. The van der Waals surface area contributed by atoms with E-state index in [-0.39, 0.29) is 0 Å². The molecule has 1 aliphatic carbocycles. The van der Waals surface area contributed by atoms with Crippen LogP contribution in [-0.4, -0.2) is 11.6 Å². The molecule has 1 aromatic heterocycles. The quantitative estimate of drug-likeness (QED) is 0.637. The third kappa shape index (κ3) is 3.83. The molecule has 18 heavy (non-hydrogen) atoms. The molecular weight excluding hydrogens is 250 g/mol. The Balaban J connectivity index is 1.81. The van der Waals surface area contributed by atoms with E-state index in [9.17, 15) is 0 Å². The van der Waals surface area contributed by atoms with Gasteiger partial charge in [0.25, 0.3) is 0 Å². The lowest BCUT2D eigenvalue weighted by atomic mass is 9.90. The van der Waals surface area contributed by atoms with E-state index in [1.807, 2.05) is 0 Å². The number of nitrogen functional groups attached to an aromatic ring is 1. The fourth-order valence-electron chi connectivity index (χ4n) is 2.34. The van der Waals surface area contributed by atoms with Crippen molar-refractivity contribution in [3.63, 3.8) is 0 Å². The number of hydrazine groups is 1. The van der Waals surface area contributed by atoms with Crippen molar-refractivity contribution in [2.45, 2.75) is 38.7 Å². The Labute approximate surface area is 113 Å². The Morgan fingerprint density at radius 3 is 2.83 bits per heavy atom. The van der Waals surface area contributed by atoms with Gasteiger partial charge >= 0.3 is 0 Å². The molecule has 2 rings (SSSR count). The maximum Gasteiger partial charge on any atom is 0.140 e. The lowest BCUT2D eigenvalue weighted by Crippen LogP contribution is -2.14. The highest BCUT2D eigenvalue weighted by molar-refractivity contribution is 6.31. The van der Waals surface area contributed by atoms with E-state index in [0.29, 0.717) is 23.4 Å². The molecule has 0 aliphatic heterocycles. The number of ether oxygens (including phenoxy) is 1. The van der Waals surface area contributed by atoms with Gasteiger partial charge in [-0.25, -0.2) is 10.8 Å². The molecule has 5 heteroatoms. The molecule has 0 saturated heterocycles. The van der Waals surface area contributed by atoms with Gasteiger partial charge in [0.2, 0.25) is 0 Å². The van der Waals surface area contributed by atoms with Gasteiger partial charge in [0.05, 0.1) is 17.3 Å². The van der Waals surface area contributed by atoms with Gasteiger partial charge in [0.15, 0.2) is 0 Å². The maximum atomic E-state index is 6.06. The highest BCUT2D eigenvalue weighted by Gasteiger charge is 2.13. The number of aromatic nitrogens is 1. The predicted molar refractivity (Wildman–Crippen MR) is 73.3 cm³/mol. The molecule has 0 radical (unpaired) electrons. The molecule has 0 aromatic carbocycles. The van der Waals surface area contributed by atoms with Crippen molar-refractivity contribution < 1.29 is 4.74 Å². The first-order valence-electron chi connectivity index (χ1n) is 6.49. The van der Waals surface area contributed by atoms with Crippen molar-refractivity contribution in [1.29, 1.82) is 0 Å². The first-order chi connectivity index (χ1) is 8.79. The number of pyridine rings is 1. The van der Waals surface area contributed by atoms with Crippen molar-refractivity contribution in [1.82, 2.24) is 4.98 Å². The van der Waals surface area contributed by atoms with E-state index in [2.05, 4.69) is 10.4 Å². The third-order valence-electron chi connectivity index (χ3n) is 3.38. The fraction of sp³-hybridized carbons (Fsp3) is 0.615. The second kappa shape index (κ2) is 6.92. The van der Waals surface area contributed by atoms with E-state index in [1.165, 1.54) is 32.1 Å². The number of hydrogen-bond donors (Lipinski definition) is 2. The van der Waals surface area contributed by atoms with Gasteiger partial charge in [-0.1, -0.05) is 30.9 Å². The summed E-state index contributed by atoms with van der Waals surface area (Å²) in [6, 6.07) is 3.52. The highest BCUT2D eigenvalue weighted by Crippen LogP contribution is 2.24. The standard InChI is InChI=1S/C13H20ClN3O/c14-11-6-7-13(17-15)16-12(11)9-18-8-10-4-2-1-3-5-10/h6-7,10H,1-5,8-9,15H2,(H,16,17). The molecule has 1 aromatic rings. The molecular formula is C13H20ClN3O. The van der Waals surface area contributed by atoms with E-state index >= 15 is 0 Å². The average molecular weight is 270 g/mol. The molecule has 1 saturated carbocycles. The van der Waals surface area contributed by atoms with Gasteiger partial charge in [-0.05, 0) is 30.9 Å². The number of anilines is 1. The third-order valence-corrected chi connectivity index (χ3v) is 3.73. The summed E-state index contributed by atoms with van der Waals surface area (Å²) in [4.78, 5) is 4.28. The van der Waals surface area contributed by atoms with Gasteiger partial charge in [-0.3, -0.25) is 0 Å². The van der Waals surface area contributed by atoms with Crippen LogP contribution in [0.3, 0.4) is 0 Å². The number of nitrogens with two attached hydrogens (primary N) is 1. The highest BCUT2D eigenvalue weighted by atomic mass is 35.5. The lowest BCUT2D eigenvalue weighted by Gasteiger charge is -2.21. The van der Waals surface area contributed by atoms with Crippen LogP contribution in [0.4, 0.5) is 5.82 Å². The van der Waals surface area contributed by atoms with Crippen LogP contribution in [0.25, 0.3) is 0 Å². The number of hydrogen-bond acceptors (Lipinski definition) is 4. The minimum Gasteiger partial charge on any atom is -0.375 e. The molecule has 0 amide bonds. The van der Waals surface area contributed by atoms with Crippen molar-refractivity contribution in [2.75, 3.05) is 12.0 Å². The SMILES string of the molecule is NNc1ccc(Cl)c(COCC2CCCCC2)n1. The fourth-order valence-corrected chi connectivity index (χ4v) is 2.50. The normalized spacial score (nSPS) is 16.8. The second-order valence-corrected chi connectivity index (χ2v) is 5.20. The van der Waals surface area contributed by atoms with E-state index < -0.39 is 0 Å². The smallest absolute Gasteiger partial charge is 0.140 e. The zero-order valence-corrected chi connectivity index (χ0v) is 11.2. The molecule has 1 aliphatic rings. The molecule has 1 heterocycles. The van der Waals surface area contributed by atoms with Crippen molar-refractivity contribution in [3.05, 3.63) is 22.8 Å². The summed E-state index contributed by atoms with van der Waals surface area (Å²) in [5, 5.41) is 0.623. The average Bonchev–Trinajstić information content (AvgIpc) is 2.42. The van der Waals surface area contributed by atoms with Gasteiger partial charge in [0, 0.05) is 6.61 Å². The molecule has 1 fully saturated rings. The minimum atomic E-state index is 0.449. The van der Waals surface area contributed by atoms with Crippen LogP contribution < -0.4 is 11.3 Å². The Morgan fingerprint density at radius 1 is 1.33 bits per heavy atom. The summed E-state index contributed by atoms with van der Waals surface area (Å²) in [6.45, 7) is 1.25. The number of nitrogens with one attached hydrogen (secondary N) is 1. The van der Waals surface area contributed by atoms with E-state index in [1.54, 1.807) is 12.1 Å². The summed E-state index contributed by atoms with van der Waals surface area (Å²) >= 11 is 6.06. The van der Waals surface area contributed by atoms with Crippen LogP contribution in [0.2, 0.25) is 5.02 Å². The first kappa shape index (κ1) is 13.6. The molecule has 0 bridgehead atoms. The molecule has 0 unspecified atom stereocenters. The van der Waals surface area contributed by atoms with Gasteiger partial charge in [-0.15, -0.1) is 0 Å². The zero-order valence-electron chi connectivity index (χ0n) is 10.5. The molecule has 100 valence electrons. The van der Waals surface area contributed by atoms with Crippen LogP contribution in [0.5, 0.6) is 0 Å². The van der Waals surface area contributed by atoms with Gasteiger partial charge in [-0.2, -0.15) is 0 Å². The Kier molecular flexibility index (Phi) is 5.23. The second-order valence-electron chi connectivity index (χ2n) is 4.79. The number of rotatable bonds is 5. The maximum absolute atomic E-state index is 6.06. The Morgan fingerprint density at radius 2 is 2.11 bits per heavy atom. The van der Waals surface area contributed by atoms with Crippen LogP contribution in [-0.2, 0) is 11.3 Å². The van der Waals surface area contributed by atoms with Gasteiger partial charge in [0.1, 0.15) is 5.82 Å². The predicted octanol–water partition coefficient (Wildman–Crippen LogP) is 3.12. The van der Waals surface area contributed by atoms with E-state index in [0.717, 1.165) is 12.3 Å². The van der Waals surface area contributed by atoms with Crippen LogP contribution in [0.1, 0.15) is 37.8 Å². The molecule has 0 spiro atoms. The zero-order chi connectivity index (χ0) is 12.8. The largest absolute Gasteiger partial charge is 0.375 e. The molecule has 3 N–H and O–H groups in total. The Hall–Kier alpha value is -0.840. The van der Waals surface area contributed by atoms with E-state index in [4.69, 9.17) is 22.2 Å². The number of halogens is 1. The summed E-state index contributed by atoms with van der Waals surface area (Å²) < 4.78 is 5.72. The topological polar surface area (TPSA) is 60.2 Å². The van der Waals surface area contributed by atoms with Crippen LogP contribution in [0, 0.1) is 5.92 Å². The van der Waals surface area contributed by atoms with Crippen LogP contribution in [0.15, 0.2) is 12.1 Å². The summed E-state index contributed by atoms with van der Waals surface area (Å²) in [6.07, 6.45) is 6.60. The summed E-state index contributed by atoms with van der Waals surface area (Å²) in [5.41, 5.74) is 3.25. The van der Waals surface area contributed by atoms with Crippen LogP contribution >= 0.6 is 11.6 Å². The van der Waals surface area contributed by atoms with Crippen molar-refractivity contribution in [3.8, 4) is 0 Å².